The zero-order valence-corrected chi connectivity index (χ0v) is 13.7. The molecule has 0 bridgehead atoms. The van der Waals surface area contributed by atoms with Crippen molar-refractivity contribution < 1.29 is 19.0 Å². The van der Waals surface area contributed by atoms with Gasteiger partial charge in [-0.1, -0.05) is 11.6 Å². The Bertz CT molecular complexity index is 706. The molecule has 0 aromatic heterocycles. The van der Waals surface area contributed by atoms with Gasteiger partial charge >= 0.3 is 6.03 Å². The molecule has 23 heavy (non-hydrogen) atoms. The number of rotatable bonds is 5. The molecule has 0 aliphatic carbocycles. The lowest BCUT2D eigenvalue weighted by Crippen LogP contribution is -2.19. The molecule has 0 radical (unpaired) electrons. The fourth-order valence-electron chi connectivity index (χ4n) is 1.98. The predicted octanol–water partition coefficient (Wildman–Crippen LogP) is 4.01. The third-order valence-electron chi connectivity index (χ3n) is 3.05. The summed E-state index contributed by atoms with van der Waals surface area (Å²) >= 11 is 5.93. The van der Waals surface area contributed by atoms with Crippen molar-refractivity contribution in [2.24, 2.45) is 0 Å². The summed E-state index contributed by atoms with van der Waals surface area (Å²) in [7, 11) is 4.59. The summed E-state index contributed by atoms with van der Waals surface area (Å²) in [5.41, 5.74) is 1.03. The molecule has 0 saturated heterocycles. The van der Waals surface area contributed by atoms with Gasteiger partial charge in [-0.3, -0.25) is 0 Å². The Hall–Kier alpha value is -2.60. The van der Waals surface area contributed by atoms with E-state index in [1.165, 1.54) is 14.2 Å². The molecular formula is C16H17ClN2O4. The molecule has 2 rings (SSSR count). The Kier molecular flexibility index (Phi) is 5.54. The zero-order chi connectivity index (χ0) is 16.8. The second kappa shape index (κ2) is 7.60. The summed E-state index contributed by atoms with van der Waals surface area (Å²) in [5, 5.41) is 5.88. The molecule has 0 aliphatic rings. The number of benzene rings is 2. The summed E-state index contributed by atoms with van der Waals surface area (Å²) in [5.74, 6) is 1.61. The van der Waals surface area contributed by atoms with Gasteiger partial charge in [0.05, 0.1) is 27.0 Å². The van der Waals surface area contributed by atoms with Crippen LogP contribution in [0.1, 0.15) is 0 Å². The molecule has 2 amide bonds. The maximum atomic E-state index is 12.1. The van der Waals surface area contributed by atoms with Crippen LogP contribution >= 0.6 is 11.6 Å². The third-order valence-corrected chi connectivity index (χ3v) is 3.29. The van der Waals surface area contributed by atoms with E-state index >= 15 is 0 Å². The first-order valence-electron chi connectivity index (χ1n) is 6.71. The molecule has 122 valence electrons. The first-order chi connectivity index (χ1) is 11.1. The van der Waals surface area contributed by atoms with E-state index in [1.807, 2.05) is 0 Å². The number of carbonyl (C=O) groups is 1. The molecule has 0 spiro atoms. The first kappa shape index (κ1) is 16.8. The van der Waals surface area contributed by atoms with E-state index in [9.17, 15) is 4.79 Å². The molecule has 0 unspecified atom stereocenters. The summed E-state index contributed by atoms with van der Waals surface area (Å²) in [6.07, 6.45) is 0. The maximum Gasteiger partial charge on any atom is 0.323 e. The summed E-state index contributed by atoms with van der Waals surface area (Å²) < 4.78 is 15.5. The minimum absolute atomic E-state index is 0.433. The normalized spacial score (nSPS) is 9.91. The highest BCUT2D eigenvalue weighted by Gasteiger charge is 2.10. The van der Waals surface area contributed by atoms with Crippen molar-refractivity contribution in [3.63, 3.8) is 0 Å². The Labute approximate surface area is 139 Å². The van der Waals surface area contributed by atoms with Crippen LogP contribution in [0.5, 0.6) is 17.2 Å². The van der Waals surface area contributed by atoms with E-state index in [0.29, 0.717) is 33.6 Å². The fourth-order valence-corrected chi connectivity index (χ4v) is 2.15. The molecule has 0 heterocycles. The van der Waals surface area contributed by atoms with Crippen molar-refractivity contribution in [3.8, 4) is 17.2 Å². The summed E-state index contributed by atoms with van der Waals surface area (Å²) in [6, 6.07) is 9.59. The number of halogens is 1. The molecule has 6 nitrogen and oxygen atoms in total. The Morgan fingerprint density at radius 2 is 1.52 bits per heavy atom. The van der Waals surface area contributed by atoms with Crippen molar-refractivity contribution in [2.45, 2.75) is 0 Å². The van der Waals surface area contributed by atoms with E-state index in [2.05, 4.69) is 10.6 Å². The largest absolute Gasteiger partial charge is 0.495 e. The average Bonchev–Trinajstić information content (AvgIpc) is 2.54. The van der Waals surface area contributed by atoms with Gasteiger partial charge in [-0.25, -0.2) is 4.79 Å². The van der Waals surface area contributed by atoms with E-state index < -0.39 is 6.03 Å². The highest BCUT2D eigenvalue weighted by molar-refractivity contribution is 6.31. The quantitative estimate of drug-likeness (QED) is 0.865. The lowest BCUT2D eigenvalue weighted by Gasteiger charge is -2.13. The topological polar surface area (TPSA) is 68.8 Å². The number of anilines is 2. The predicted molar refractivity (Wildman–Crippen MR) is 90.2 cm³/mol. The van der Waals surface area contributed by atoms with Crippen LogP contribution in [0.25, 0.3) is 0 Å². The number of ether oxygens (including phenoxy) is 3. The van der Waals surface area contributed by atoms with Gasteiger partial charge in [0.2, 0.25) is 0 Å². The van der Waals surface area contributed by atoms with Gasteiger partial charge in [-0.2, -0.15) is 0 Å². The van der Waals surface area contributed by atoms with Crippen LogP contribution in [-0.4, -0.2) is 27.4 Å². The molecule has 2 aromatic carbocycles. The number of amides is 2. The number of hydrogen-bond acceptors (Lipinski definition) is 4. The van der Waals surface area contributed by atoms with Gasteiger partial charge in [0.15, 0.2) is 11.5 Å². The molecular weight excluding hydrogens is 320 g/mol. The molecule has 0 fully saturated rings. The number of carbonyl (C=O) groups excluding carboxylic acids is 1. The zero-order valence-electron chi connectivity index (χ0n) is 13.0. The first-order valence-corrected chi connectivity index (χ1v) is 7.08. The number of hydrogen-bond donors (Lipinski definition) is 2. The van der Waals surface area contributed by atoms with Crippen LogP contribution in [0.2, 0.25) is 5.02 Å². The Morgan fingerprint density at radius 3 is 2.17 bits per heavy atom. The van der Waals surface area contributed by atoms with Crippen molar-refractivity contribution in [2.75, 3.05) is 32.0 Å². The molecule has 0 atom stereocenters. The minimum atomic E-state index is -0.433. The minimum Gasteiger partial charge on any atom is -0.495 e. The lowest BCUT2D eigenvalue weighted by atomic mass is 10.2. The van der Waals surface area contributed by atoms with E-state index in [0.717, 1.165) is 0 Å². The second-order valence-corrected chi connectivity index (χ2v) is 4.93. The van der Waals surface area contributed by atoms with Crippen LogP contribution < -0.4 is 24.8 Å². The van der Waals surface area contributed by atoms with Crippen LogP contribution in [0.4, 0.5) is 16.2 Å². The summed E-state index contributed by atoms with van der Waals surface area (Å²) in [4.78, 5) is 12.1. The molecule has 0 aliphatic heterocycles. The lowest BCUT2D eigenvalue weighted by molar-refractivity contribution is 0.262. The maximum absolute atomic E-state index is 12.1. The van der Waals surface area contributed by atoms with Gasteiger partial charge in [0.25, 0.3) is 0 Å². The Balaban J connectivity index is 2.12. The third kappa shape index (κ3) is 4.20. The van der Waals surface area contributed by atoms with Gasteiger partial charge in [-0.05, 0) is 30.3 Å². The van der Waals surface area contributed by atoms with Crippen LogP contribution in [0.3, 0.4) is 0 Å². The molecule has 0 saturated carbocycles. The summed E-state index contributed by atoms with van der Waals surface area (Å²) in [6.45, 7) is 0. The van der Waals surface area contributed by atoms with E-state index in [1.54, 1.807) is 43.5 Å². The van der Waals surface area contributed by atoms with Crippen LogP contribution in [0, 0.1) is 0 Å². The number of nitrogens with one attached hydrogen (secondary N) is 2. The van der Waals surface area contributed by atoms with Crippen LogP contribution in [0.15, 0.2) is 36.4 Å². The molecule has 2 aromatic rings. The second-order valence-electron chi connectivity index (χ2n) is 4.49. The fraction of sp³-hybridized carbons (Fsp3) is 0.188. The van der Waals surface area contributed by atoms with E-state index in [-0.39, 0.29) is 0 Å². The average molecular weight is 337 g/mol. The van der Waals surface area contributed by atoms with Gasteiger partial charge in [0.1, 0.15) is 5.75 Å². The van der Waals surface area contributed by atoms with E-state index in [4.69, 9.17) is 25.8 Å². The highest BCUT2D eigenvalue weighted by atomic mass is 35.5. The van der Waals surface area contributed by atoms with Crippen molar-refractivity contribution in [1.82, 2.24) is 0 Å². The monoisotopic (exact) mass is 336 g/mol. The SMILES string of the molecule is COc1ccc(Cl)cc1NC(=O)Nc1ccc(OC)c(OC)c1. The molecule has 7 heteroatoms. The Morgan fingerprint density at radius 1 is 0.870 bits per heavy atom. The van der Waals surface area contributed by atoms with Crippen molar-refractivity contribution >= 4 is 29.0 Å². The number of methoxy groups -OCH3 is 3. The smallest absolute Gasteiger partial charge is 0.323 e. The van der Waals surface area contributed by atoms with Crippen molar-refractivity contribution in [3.05, 3.63) is 41.4 Å². The highest BCUT2D eigenvalue weighted by Crippen LogP contribution is 2.30. The molecule has 2 N–H and O–H groups in total. The van der Waals surface area contributed by atoms with Gasteiger partial charge in [0, 0.05) is 16.8 Å². The van der Waals surface area contributed by atoms with Crippen molar-refractivity contribution in [1.29, 1.82) is 0 Å². The number of urea groups is 1. The van der Waals surface area contributed by atoms with Gasteiger partial charge < -0.3 is 24.8 Å². The van der Waals surface area contributed by atoms with Gasteiger partial charge in [-0.15, -0.1) is 0 Å². The van der Waals surface area contributed by atoms with Crippen LogP contribution in [-0.2, 0) is 0 Å². The standard InChI is InChI=1S/C16H17ClN2O4/c1-21-13-6-4-10(17)8-12(13)19-16(20)18-11-5-7-14(22-2)15(9-11)23-3/h4-9H,1-3H3,(H2,18,19,20).